The number of amides is 1. The van der Waals surface area contributed by atoms with E-state index in [1.165, 1.54) is 0 Å². The number of alkyl halides is 2. The molecule has 0 spiro atoms. The van der Waals surface area contributed by atoms with E-state index in [0.29, 0.717) is 27.6 Å². The molecule has 0 aliphatic carbocycles. The van der Waals surface area contributed by atoms with Gasteiger partial charge in [-0.15, -0.1) is 0 Å². The summed E-state index contributed by atoms with van der Waals surface area (Å²) < 4.78 is 26.4. The van der Waals surface area contributed by atoms with Crippen molar-refractivity contribution in [2.75, 3.05) is 26.7 Å². The largest absolute Gasteiger partial charge is 0.342 e. The van der Waals surface area contributed by atoms with Gasteiger partial charge in [-0.05, 0) is 46.2 Å². The molecular formula is C15H24F2N4O. The number of halogens is 2. The lowest BCUT2D eigenvalue weighted by Gasteiger charge is -2.32. The van der Waals surface area contributed by atoms with Gasteiger partial charge < -0.3 is 10.2 Å². The Morgan fingerprint density at radius 2 is 2.18 bits per heavy atom. The molecule has 5 nitrogen and oxygen atoms in total. The summed E-state index contributed by atoms with van der Waals surface area (Å²) in [5.74, 6) is 0.467. The summed E-state index contributed by atoms with van der Waals surface area (Å²) in [6, 6.07) is 0. The predicted molar refractivity (Wildman–Crippen MR) is 79.9 cm³/mol. The Hall–Kier alpha value is -1.50. The number of piperidine rings is 1. The third-order valence-corrected chi connectivity index (χ3v) is 4.35. The van der Waals surface area contributed by atoms with Gasteiger partial charge in [-0.3, -0.25) is 4.79 Å². The fraction of sp³-hybridized carbons (Fsp3) is 0.733. The highest BCUT2D eigenvalue weighted by Gasteiger charge is 2.25. The van der Waals surface area contributed by atoms with Crippen LogP contribution in [0.1, 0.15) is 36.3 Å². The second-order valence-electron chi connectivity index (χ2n) is 5.95. The van der Waals surface area contributed by atoms with Gasteiger partial charge in [-0.25, -0.2) is 4.68 Å². The molecule has 1 atom stereocenters. The average Bonchev–Trinajstić information content (AvgIpc) is 2.76. The molecule has 7 heteroatoms. The summed E-state index contributed by atoms with van der Waals surface area (Å²) >= 11 is 0. The van der Waals surface area contributed by atoms with Gasteiger partial charge >= 0.3 is 6.55 Å². The molecule has 22 heavy (non-hydrogen) atoms. The summed E-state index contributed by atoms with van der Waals surface area (Å²) in [7, 11) is 1.91. The molecule has 1 fully saturated rings. The van der Waals surface area contributed by atoms with E-state index >= 15 is 0 Å². The second-order valence-corrected chi connectivity index (χ2v) is 5.95. The Morgan fingerprint density at radius 1 is 1.45 bits per heavy atom. The molecule has 1 amide bonds. The molecule has 124 valence electrons. The van der Waals surface area contributed by atoms with Crippen LogP contribution in [0.3, 0.4) is 0 Å². The Labute approximate surface area is 129 Å². The molecule has 2 rings (SSSR count). The maximum absolute atomic E-state index is 12.8. The highest BCUT2D eigenvalue weighted by molar-refractivity contribution is 5.79. The van der Waals surface area contributed by atoms with Crippen molar-refractivity contribution in [3.05, 3.63) is 17.0 Å². The summed E-state index contributed by atoms with van der Waals surface area (Å²) in [6.45, 7) is 2.98. The lowest BCUT2D eigenvalue weighted by Crippen LogP contribution is -2.43. The maximum atomic E-state index is 12.8. The van der Waals surface area contributed by atoms with E-state index in [4.69, 9.17) is 0 Å². The van der Waals surface area contributed by atoms with Gasteiger partial charge in [-0.1, -0.05) is 0 Å². The van der Waals surface area contributed by atoms with Crippen molar-refractivity contribution >= 4 is 5.91 Å². The van der Waals surface area contributed by atoms with Crippen LogP contribution in [-0.2, 0) is 11.2 Å². The maximum Gasteiger partial charge on any atom is 0.333 e. The topological polar surface area (TPSA) is 50.2 Å². The van der Waals surface area contributed by atoms with Crippen molar-refractivity contribution < 1.29 is 13.6 Å². The molecular weight excluding hydrogens is 290 g/mol. The average molecular weight is 314 g/mol. The zero-order chi connectivity index (χ0) is 16.3. The molecule has 1 aliphatic heterocycles. The van der Waals surface area contributed by atoms with Gasteiger partial charge in [0.15, 0.2) is 0 Å². The lowest BCUT2D eigenvalue weighted by atomic mass is 9.97. The number of nitrogens with one attached hydrogen (secondary N) is 1. The summed E-state index contributed by atoms with van der Waals surface area (Å²) in [5, 5.41) is 6.98. The Kier molecular flexibility index (Phi) is 5.50. The fourth-order valence-electron chi connectivity index (χ4n) is 3.15. The molecule has 1 aromatic rings. The first-order valence-corrected chi connectivity index (χ1v) is 7.69. The van der Waals surface area contributed by atoms with E-state index in [1.54, 1.807) is 13.8 Å². The molecule has 2 heterocycles. The highest BCUT2D eigenvalue weighted by atomic mass is 19.3. The van der Waals surface area contributed by atoms with Crippen LogP contribution in [-0.4, -0.2) is 47.3 Å². The van der Waals surface area contributed by atoms with E-state index in [9.17, 15) is 13.6 Å². The van der Waals surface area contributed by atoms with Crippen molar-refractivity contribution in [3.63, 3.8) is 0 Å². The Morgan fingerprint density at radius 3 is 2.77 bits per heavy atom. The third-order valence-electron chi connectivity index (χ3n) is 4.35. The summed E-state index contributed by atoms with van der Waals surface area (Å²) in [5.41, 5.74) is 1.51. The van der Waals surface area contributed by atoms with E-state index in [0.717, 1.165) is 32.5 Å². The number of carbonyl (C=O) groups excluding carboxylic acids is 1. The van der Waals surface area contributed by atoms with Gasteiger partial charge in [0.1, 0.15) is 0 Å². The number of aromatic nitrogens is 2. The number of likely N-dealkylation sites (tertiary alicyclic amines) is 1. The van der Waals surface area contributed by atoms with Gasteiger partial charge in [0.05, 0.1) is 12.1 Å². The number of rotatable bonds is 5. The quantitative estimate of drug-likeness (QED) is 0.903. The van der Waals surface area contributed by atoms with Gasteiger partial charge in [-0.2, -0.15) is 13.9 Å². The van der Waals surface area contributed by atoms with Gasteiger partial charge in [0, 0.05) is 24.3 Å². The first-order valence-electron chi connectivity index (χ1n) is 7.69. The monoisotopic (exact) mass is 314 g/mol. The van der Waals surface area contributed by atoms with Crippen LogP contribution < -0.4 is 5.32 Å². The van der Waals surface area contributed by atoms with Crippen LogP contribution in [0.15, 0.2) is 0 Å². The van der Waals surface area contributed by atoms with Crippen molar-refractivity contribution in [1.29, 1.82) is 0 Å². The van der Waals surface area contributed by atoms with Crippen molar-refractivity contribution in [3.8, 4) is 0 Å². The zero-order valence-corrected chi connectivity index (χ0v) is 13.4. The smallest absolute Gasteiger partial charge is 0.333 e. The molecule has 1 aliphatic rings. The molecule has 0 bridgehead atoms. The molecule has 0 saturated carbocycles. The number of carbonyl (C=O) groups is 1. The molecule has 1 unspecified atom stereocenters. The Bertz CT molecular complexity index is 528. The second kappa shape index (κ2) is 7.17. The van der Waals surface area contributed by atoms with E-state index < -0.39 is 6.55 Å². The minimum atomic E-state index is -2.67. The molecule has 1 N–H and O–H groups in total. The standard InChI is InChI=1S/C15H24F2N4O/c1-10-13(11(2)21(19-10)15(16)17)7-14(22)20-6-4-5-12(9-20)8-18-3/h12,15,18H,4-9H2,1-3H3. The SMILES string of the molecule is CNCC1CCCN(C(=O)Cc2c(C)nn(C(F)F)c2C)C1. The normalized spacial score (nSPS) is 19.0. The van der Waals surface area contributed by atoms with Crippen LogP contribution in [0.5, 0.6) is 0 Å². The van der Waals surface area contributed by atoms with E-state index in [1.807, 2.05) is 11.9 Å². The van der Waals surface area contributed by atoms with Crippen LogP contribution >= 0.6 is 0 Å². The number of hydrogen-bond acceptors (Lipinski definition) is 3. The van der Waals surface area contributed by atoms with Crippen LogP contribution in [0, 0.1) is 19.8 Å². The van der Waals surface area contributed by atoms with Crippen molar-refractivity contribution in [2.45, 2.75) is 39.7 Å². The molecule has 1 aromatic heterocycles. The zero-order valence-electron chi connectivity index (χ0n) is 13.4. The number of aryl methyl sites for hydroxylation is 1. The number of hydrogen-bond donors (Lipinski definition) is 1. The van der Waals surface area contributed by atoms with Gasteiger partial charge in [0.2, 0.25) is 5.91 Å². The summed E-state index contributed by atoms with van der Waals surface area (Å²) in [6.07, 6.45) is 2.26. The fourth-order valence-corrected chi connectivity index (χ4v) is 3.15. The summed E-state index contributed by atoms with van der Waals surface area (Å²) in [4.78, 5) is 14.3. The van der Waals surface area contributed by atoms with Crippen molar-refractivity contribution in [1.82, 2.24) is 20.0 Å². The first-order chi connectivity index (χ1) is 10.4. The van der Waals surface area contributed by atoms with Crippen LogP contribution in [0.4, 0.5) is 8.78 Å². The minimum absolute atomic E-state index is 0.000759. The van der Waals surface area contributed by atoms with Crippen LogP contribution in [0.2, 0.25) is 0 Å². The van der Waals surface area contributed by atoms with Gasteiger partial charge in [0.25, 0.3) is 0 Å². The van der Waals surface area contributed by atoms with Crippen LogP contribution in [0.25, 0.3) is 0 Å². The first kappa shape index (κ1) is 16.9. The molecule has 0 radical (unpaired) electrons. The van der Waals surface area contributed by atoms with Crippen molar-refractivity contribution in [2.24, 2.45) is 5.92 Å². The Balaban J connectivity index is 2.06. The molecule has 1 saturated heterocycles. The lowest BCUT2D eigenvalue weighted by molar-refractivity contribution is -0.132. The number of nitrogens with zero attached hydrogens (tertiary/aromatic N) is 3. The van der Waals surface area contributed by atoms with E-state index in [2.05, 4.69) is 10.4 Å². The predicted octanol–water partition coefficient (Wildman–Crippen LogP) is 1.90. The third kappa shape index (κ3) is 3.63. The highest BCUT2D eigenvalue weighted by Crippen LogP contribution is 2.22. The molecule has 0 aromatic carbocycles. The van der Waals surface area contributed by atoms with E-state index in [-0.39, 0.29) is 12.3 Å². The minimum Gasteiger partial charge on any atom is -0.342 e.